The van der Waals surface area contributed by atoms with E-state index in [1.54, 1.807) is 12.3 Å². The van der Waals surface area contributed by atoms with E-state index < -0.39 is 11.5 Å². The number of aryl methyl sites for hydroxylation is 1. The Hall–Kier alpha value is -2.96. The molecule has 0 unspecified atom stereocenters. The van der Waals surface area contributed by atoms with Gasteiger partial charge in [0.25, 0.3) is 11.5 Å². The van der Waals surface area contributed by atoms with Crippen LogP contribution in [0.5, 0.6) is 0 Å². The molecule has 2 amide bonds. The number of carbonyl (C=O) groups excluding carboxylic acids is 2. The van der Waals surface area contributed by atoms with E-state index in [9.17, 15) is 14.4 Å². The van der Waals surface area contributed by atoms with Crippen molar-refractivity contribution < 1.29 is 9.59 Å². The van der Waals surface area contributed by atoms with Crippen molar-refractivity contribution in [2.45, 2.75) is 58.2 Å². The Morgan fingerprint density at radius 2 is 1.96 bits per heavy atom. The molecular formula is C21H26N4O3. The number of hydrogen-bond donors (Lipinski definition) is 2. The van der Waals surface area contributed by atoms with Crippen LogP contribution in [0.15, 0.2) is 41.5 Å². The lowest BCUT2D eigenvalue weighted by Crippen LogP contribution is -2.41. The molecule has 148 valence electrons. The third kappa shape index (κ3) is 5.06. The minimum absolute atomic E-state index is 0.0153. The van der Waals surface area contributed by atoms with Gasteiger partial charge in [0, 0.05) is 18.4 Å². The molecule has 0 atom stereocenters. The molecule has 1 saturated carbocycles. The molecule has 0 bridgehead atoms. The first-order valence-corrected chi connectivity index (χ1v) is 9.72. The fourth-order valence-electron chi connectivity index (χ4n) is 3.47. The summed E-state index contributed by atoms with van der Waals surface area (Å²) in [5, 5.41) is 5.72. The van der Waals surface area contributed by atoms with E-state index in [4.69, 9.17) is 0 Å². The average molecular weight is 382 g/mol. The van der Waals surface area contributed by atoms with Crippen LogP contribution in [0.2, 0.25) is 0 Å². The Morgan fingerprint density at radius 3 is 2.71 bits per heavy atom. The molecule has 28 heavy (non-hydrogen) atoms. The Kier molecular flexibility index (Phi) is 6.57. The molecule has 2 N–H and O–H groups in total. The Bertz CT molecular complexity index is 901. The second kappa shape index (κ2) is 9.30. The molecule has 7 nitrogen and oxygen atoms in total. The quantitative estimate of drug-likeness (QED) is 0.798. The molecule has 7 heteroatoms. The molecule has 1 aliphatic rings. The van der Waals surface area contributed by atoms with Gasteiger partial charge >= 0.3 is 0 Å². The van der Waals surface area contributed by atoms with Gasteiger partial charge in [-0.2, -0.15) is 0 Å². The Balaban J connectivity index is 1.63. The van der Waals surface area contributed by atoms with Gasteiger partial charge in [0.1, 0.15) is 12.1 Å². The van der Waals surface area contributed by atoms with Crippen LogP contribution < -0.4 is 16.2 Å². The fourth-order valence-corrected chi connectivity index (χ4v) is 3.47. The molecule has 1 aliphatic carbocycles. The number of rotatable bonds is 6. The molecule has 2 aromatic rings. The van der Waals surface area contributed by atoms with Gasteiger partial charge in [-0.15, -0.1) is 0 Å². The van der Waals surface area contributed by atoms with E-state index in [1.807, 2.05) is 19.1 Å². The van der Waals surface area contributed by atoms with E-state index >= 15 is 0 Å². The summed E-state index contributed by atoms with van der Waals surface area (Å²) >= 11 is 0. The molecular weight excluding hydrogens is 356 g/mol. The minimum atomic E-state index is -0.475. The van der Waals surface area contributed by atoms with Gasteiger partial charge in [0.2, 0.25) is 5.91 Å². The van der Waals surface area contributed by atoms with Crippen LogP contribution in [0.1, 0.15) is 53.7 Å². The zero-order valence-corrected chi connectivity index (χ0v) is 16.1. The molecule has 0 saturated heterocycles. The average Bonchev–Trinajstić information content (AvgIpc) is 2.69. The first-order chi connectivity index (χ1) is 13.5. The second-order valence-electron chi connectivity index (χ2n) is 7.21. The highest BCUT2D eigenvalue weighted by Crippen LogP contribution is 2.17. The summed E-state index contributed by atoms with van der Waals surface area (Å²) < 4.78 is 1.28. The van der Waals surface area contributed by atoms with Crippen LogP contribution in [-0.4, -0.2) is 27.4 Å². The summed E-state index contributed by atoms with van der Waals surface area (Å²) in [6.07, 6.45) is 8.61. The Labute approximate surface area is 164 Å². The van der Waals surface area contributed by atoms with Crippen LogP contribution in [0, 0.1) is 6.92 Å². The maximum atomic E-state index is 12.6. The highest BCUT2D eigenvalue weighted by molar-refractivity contribution is 5.93. The number of nitrogens with zero attached hydrogens (tertiary/aromatic N) is 2. The van der Waals surface area contributed by atoms with Gasteiger partial charge in [-0.25, -0.2) is 0 Å². The number of nitrogens with one attached hydrogen (secondary N) is 2. The second-order valence-corrected chi connectivity index (χ2v) is 7.21. The van der Waals surface area contributed by atoms with Gasteiger partial charge in [-0.3, -0.25) is 19.4 Å². The zero-order valence-electron chi connectivity index (χ0n) is 16.1. The molecule has 3 rings (SSSR count). The van der Waals surface area contributed by atoms with Crippen molar-refractivity contribution >= 4 is 11.8 Å². The van der Waals surface area contributed by atoms with Crippen molar-refractivity contribution in [2.24, 2.45) is 0 Å². The number of amides is 2. The highest BCUT2D eigenvalue weighted by atomic mass is 16.2. The van der Waals surface area contributed by atoms with Crippen LogP contribution in [0.3, 0.4) is 0 Å². The predicted octanol–water partition coefficient (Wildman–Crippen LogP) is 1.93. The number of hydrogen-bond acceptors (Lipinski definition) is 4. The van der Waals surface area contributed by atoms with Gasteiger partial charge in [-0.05, 0) is 43.5 Å². The normalized spacial score (nSPS) is 14.5. The third-order valence-corrected chi connectivity index (χ3v) is 5.08. The smallest absolute Gasteiger partial charge is 0.263 e. The molecule has 2 heterocycles. The van der Waals surface area contributed by atoms with Gasteiger partial charge in [0.05, 0.1) is 12.2 Å². The van der Waals surface area contributed by atoms with E-state index in [0.717, 1.165) is 36.9 Å². The van der Waals surface area contributed by atoms with Crippen molar-refractivity contribution in [1.29, 1.82) is 0 Å². The maximum Gasteiger partial charge on any atom is 0.263 e. The van der Waals surface area contributed by atoms with E-state index in [1.165, 1.54) is 23.3 Å². The lowest BCUT2D eigenvalue weighted by atomic mass is 9.95. The molecule has 0 aliphatic heterocycles. The van der Waals surface area contributed by atoms with E-state index in [-0.39, 0.29) is 30.6 Å². The SMILES string of the molecule is Cc1cccnc1CNC(=O)c1cccn(CC(=O)NC2CCCCC2)c1=O. The molecule has 2 aromatic heterocycles. The topological polar surface area (TPSA) is 93.1 Å². The van der Waals surface area contributed by atoms with Crippen molar-refractivity contribution in [2.75, 3.05) is 0 Å². The lowest BCUT2D eigenvalue weighted by Gasteiger charge is -2.22. The van der Waals surface area contributed by atoms with E-state index in [0.29, 0.717) is 0 Å². The van der Waals surface area contributed by atoms with Gasteiger partial charge < -0.3 is 15.2 Å². The monoisotopic (exact) mass is 382 g/mol. The first-order valence-electron chi connectivity index (χ1n) is 9.72. The summed E-state index contributed by atoms with van der Waals surface area (Å²) in [7, 11) is 0. The molecule has 1 fully saturated rings. The van der Waals surface area contributed by atoms with Crippen LogP contribution >= 0.6 is 0 Å². The lowest BCUT2D eigenvalue weighted by molar-refractivity contribution is -0.122. The summed E-state index contributed by atoms with van der Waals surface area (Å²) in [6.45, 7) is 2.06. The van der Waals surface area contributed by atoms with Crippen molar-refractivity contribution in [3.63, 3.8) is 0 Å². The summed E-state index contributed by atoms with van der Waals surface area (Å²) in [5.41, 5.74) is 1.25. The van der Waals surface area contributed by atoms with Crippen LogP contribution in [0.25, 0.3) is 0 Å². The predicted molar refractivity (Wildman–Crippen MR) is 106 cm³/mol. The summed E-state index contributed by atoms with van der Waals surface area (Å²) in [4.78, 5) is 41.6. The van der Waals surface area contributed by atoms with Crippen LogP contribution in [0.4, 0.5) is 0 Å². The third-order valence-electron chi connectivity index (χ3n) is 5.08. The molecule has 0 spiro atoms. The number of aromatic nitrogens is 2. The standard InChI is InChI=1S/C21H26N4O3/c1-15-7-5-11-22-18(15)13-23-20(27)17-10-6-12-25(21(17)28)14-19(26)24-16-8-3-2-4-9-16/h5-7,10-12,16H,2-4,8-9,13-14H2,1H3,(H,23,27)(H,24,26). The van der Waals surface area contributed by atoms with Crippen LogP contribution in [-0.2, 0) is 17.9 Å². The number of carbonyl (C=O) groups is 2. The largest absolute Gasteiger partial charge is 0.352 e. The van der Waals surface area contributed by atoms with Gasteiger partial charge in [-0.1, -0.05) is 25.3 Å². The fraction of sp³-hybridized carbons (Fsp3) is 0.429. The highest BCUT2D eigenvalue weighted by Gasteiger charge is 2.17. The number of pyridine rings is 2. The maximum absolute atomic E-state index is 12.6. The Morgan fingerprint density at radius 1 is 1.18 bits per heavy atom. The minimum Gasteiger partial charge on any atom is -0.352 e. The zero-order chi connectivity index (χ0) is 19.9. The summed E-state index contributed by atoms with van der Waals surface area (Å²) in [6, 6.07) is 7.00. The van der Waals surface area contributed by atoms with Crippen molar-refractivity contribution in [3.05, 3.63) is 63.8 Å². The molecule has 0 aromatic carbocycles. The molecule has 0 radical (unpaired) electrons. The van der Waals surface area contributed by atoms with Crippen molar-refractivity contribution in [3.8, 4) is 0 Å². The van der Waals surface area contributed by atoms with E-state index in [2.05, 4.69) is 15.6 Å². The van der Waals surface area contributed by atoms with Crippen molar-refractivity contribution in [1.82, 2.24) is 20.2 Å². The summed E-state index contributed by atoms with van der Waals surface area (Å²) in [5.74, 6) is -0.673. The van der Waals surface area contributed by atoms with Gasteiger partial charge in [0.15, 0.2) is 0 Å². The first kappa shape index (κ1) is 19.8.